The maximum atomic E-state index is 11.7. The fourth-order valence-electron chi connectivity index (χ4n) is 1.58. The molecule has 0 radical (unpaired) electrons. The van der Waals surface area contributed by atoms with Gasteiger partial charge in [-0.05, 0) is 5.56 Å². The molecule has 2 unspecified atom stereocenters. The third-order valence-electron chi connectivity index (χ3n) is 2.62. The van der Waals surface area contributed by atoms with Crippen molar-refractivity contribution in [1.82, 2.24) is 5.06 Å². The summed E-state index contributed by atoms with van der Waals surface area (Å²) in [6.45, 7) is 0. The molecule has 0 aliphatic rings. The molecule has 2 atom stereocenters. The van der Waals surface area contributed by atoms with Gasteiger partial charge in [0, 0.05) is 7.05 Å². The van der Waals surface area contributed by atoms with Gasteiger partial charge in [-0.3, -0.25) is 14.4 Å². The molecule has 2 amide bonds. The largest absolute Gasteiger partial charge is 0.382 e. The van der Waals surface area contributed by atoms with Crippen molar-refractivity contribution in [3.63, 3.8) is 0 Å². The van der Waals surface area contributed by atoms with Gasteiger partial charge in [-0.1, -0.05) is 30.3 Å². The lowest BCUT2D eigenvalue weighted by molar-refractivity contribution is -0.179. The van der Waals surface area contributed by atoms with Crippen LogP contribution >= 0.6 is 0 Å². The lowest BCUT2D eigenvalue weighted by Crippen LogP contribution is -2.43. The summed E-state index contributed by atoms with van der Waals surface area (Å²) in [6.07, 6.45) is -1.57. The number of aliphatic hydroxyl groups is 1. The number of nitrogens with zero attached hydrogens (tertiary/aromatic N) is 1. The molecule has 3 N–H and O–H groups in total. The van der Waals surface area contributed by atoms with Crippen LogP contribution in [-0.4, -0.2) is 42.2 Å². The molecule has 0 saturated heterocycles. The van der Waals surface area contributed by atoms with Crippen molar-refractivity contribution >= 4 is 11.8 Å². The highest BCUT2D eigenvalue weighted by molar-refractivity contribution is 5.91. The topological polar surface area (TPSA) is 92.9 Å². The molecule has 6 heteroatoms. The summed E-state index contributed by atoms with van der Waals surface area (Å²) in [4.78, 5) is 27.8. The van der Waals surface area contributed by atoms with Crippen molar-refractivity contribution in [2.24, 2.45) is 5.73 Å². The molecule has 0 aliphatic heterocycles. The SMILES string of the molecule is CON(C)C(=O)C(O)C(C(N)=O)c1ccccc1. The molecule has 1 aromatic rings. The highest BCUT2D eigenvalue weighted by atomic mass is 16.7. The van der Waals surface area contributed by atoms with E-state index < -0.39 is 23.8 Å². The summed E-state index contributed by atoms with van der Waals surface area (Å²) in [5, 5.41) is 10.8. The van der Waals surface area contributed by atoms with Gasteiger partial charge >= 0.3 is 0 Å². The van der Waals surface area contributed by atoms with E-state index in [1.165, 1.54) is 14.2 Å². The number of amides is 2. The molecule has 6 nitrogen and oxygen atoms in total. The standard InChI is InChI=1S/C12H16N2O4/c1-14(18-2)12(17)10(15)9(11(13)16)8-6-4-3-5-7-8/h3-7,9-10,15H,1-2H3,(H2,13,16). The second-order valence-corrected chi connectivity index (χ2v) is 3.75. The Morgan fingerprint density at radius 3 is 2.33 bits per heavy atom. The number of nitrogens with two attached hydrogens (primary N) is 1. The predicted molar refractivity (Wildman–Crippen MR) is 64.2 cm³/mol. The van der Waals surface area contributed by atoms with Crippen LogP contribution in [0.25, 0.3) is 0 Å². The molecule has 1 rings (SSSR count). The van der Waals surface area contributed by atoms with Crippen LogP contribution in [0.15, 0.2) is 30.3 Å². The smallest absolute Gasteiger partial charge is 0.275 e. The zero-order valence-electron chi connectivity index (χ0n) is 10.2. The molecule has 0 heterocycles. The Hall–Kier alpha value is -1.92. The molecule has 0 spiro atoms. The summed E-state index contributed by atoms with van der Waals surface area (Å²) in [6, 6.07) is 8.40. The molecule has 0 saturated carbocycles. The normalized spacial score (nSPS) is 13.7. The summed E-state index contributed by atoms with van der Waals surface area (Å²) in [5.74, 6) is -2.60. The Balaban J connectivity index is 3.00. The number of hydrogen-bond acceptors (Lipinski definition) is 4. The van der Waals surface area contributed by atoms with E-state index in [0.29, 0.717) is 5.56 Å². The lowest BCUT2D eigenvalue weighted by Gasteiger charge is -2.23. The van der Waals surface area contributed by atoms with Crippen LogP contribution in [-0.2, 0) is 14.4 Å². The van der Waals surface area contributed by atoms with Crippen LogP contribution in [0.5, 0.6) is 0 Å². The lowest BCUT2D eigenvalue weighted by atomic mass is 9.92. The first kappa shape index (κ1) is 14.1. The van der Waals surface area contributed by atoms with Crippen LogP contribution in [0, 0.1) is 0 Å². The summed E-state index contributed by atoms with van der Waals surface area (Å²) < 4.78 is 0. The number of benzene rings is 1. The highest BCUT2D eigenvalue weighted by Crippen LogP contribution is 2.20. The van der Waals surface area contributed by atoms with Crippen LogP contribution in [0.3, 0.4) is 0 Å². The number of carbonyl (C=O) groups is 2. The average Bonchev–Trinajstić information content (AvgIpc) is 2.37. The second-order valence-electron chi connectivity index (χ2n) is 3.75. The van der Waals surface area contributed by atoms with Crippen molar-refractivity contribution in [3.05, 3.63) is 35.9 Å². The summed E-state index contributed by atoms with van der Waals surface area (Å²) in [5.41, 5.74) is 5.72. The van der Waals surface area contributed by atoms with Gasteiger partial charge in [0.1, 0.15) is 0 Å². The maximum absolute atomic E-state index is 11.7. The quantitative estimate of drug-likeness (QED) is 0.700. The molecule has 18 heavy (non-hydrogen) atoms. The number of primary amides is 1. The molecule has 1 aromatic carbocycles. The Bertz CT molecular complexity index is 421. The van der Waals surface area contributed by atoms with Gasteiger partial charge < -0.3 is 10.8 Å². The molecule has 98 valence electrons. The van der Waals surface area contributed by atoms with Crippen LogP contribution in [0.4, 0.5) is 0 Å². The fourth-order valence-corrected chi connectivity index (χ4v) is 1.58. The van der Waals surface area contributed by atoms with Gasteiger partial charge in [-0.2, -0.15) is 0 Å². The van der Waals surface area contributed by atoms with Crippen molar-refractivity contribution < 1.29 is 19.5 Å². The minimum absolute atomic E-state index is 0.482. The van der Waals surface area contributed by atoms with Crippen molar-refractivity contribution in [2.45, 2.75) is 12.0 Å². The Morgan fingerprint density at radius 2 is 1.89 bits per heavy atom. The predicted octanol–water partition coefficient (Wildman–Crippen LogP) is -0.364. The molecule has 0 bridgehead atoms. The van der Waals surface area contributed by atoms with E-state index in [4.69, 9.17) is 5.73 Å². The second kappa shape index (κ2) is 6.13. The van der Waals surface area contributed by atoms with Crippen molar-refractivity contribution in [3.8, 4) is 0 Å². The van der Waals surface area contributed by atoms with Gasteiger partial charge in [-0.25, -0.2) is 5.06 Å². The molecular weight excluding hydrogens is 236 g/mol. The minimum atomic E-state index is -1.57. The van der Waals surface area contributed by atoms with Gasteiger partial charge in [0.25, 0.3) is 5.91 Å². The van der Waals surface area contributed by atoms with Gasteiger partial charge in [0.05, 0.1) is 13.0 Å². The van der Waals surface area contributed by atoms with Crippen LogP contribution < -0.4 is 5.73 Å². The van der Waals surface area contributed by atoms with Crippen LogP contribution in [0.2, 0.25) is 0 Å². The van der Waals surface area contributed by atoms with E-state index in [1.54, 1.807) is 30.3 Å². The molecule has 0 aliphatic carbocycles. The van der Waals surface area contributed by atoms with E-state index in [9.17, 15) is 14.7 Å². The number of rotatable bonds is 5. The monoisotopic (exact) mass is 252 g/mol. The van der Waals surface area contributed by atoms with Crippen molar-refractivity contribution in [1.29, 1.82) is 0 Å². The molecular formula is C12H16N2O4. The van der Waals surface area contributed by atoms with Crippen molar-refractivity contribution in [2.75, 3.05) is 14.2 Å². The summed E-state index contributed by atoms with van der Waals surface area (Å²) >= 11 is 0. The van der Waals surface area contributed by atoms with Gasteiger partial charge in [0.15, 0.2) is 6.10 Å². The highest BCUT2D eigenvalue weighted by Gasteiger charge is 2.34. The first-order valence-electron chi connectivity index (χ1n) is 5.33. The number of hydrogen-bond donors (Lipinski definition) is 2. The van der Waals surface area contributed by atoms with Gasteiger partial charge in [-0.15, -0.1) is 0 Å². The van der Waals surface area contributed by atoms with E-state index in [2.05, 4.69) is 4.84 Å². The zero-order chi connectivity index (χ0) is 13.7. The Morgan fingerprint density at radius 1 is 1.33 bits per heavy atom. The number of aliphatic hydroxyl groups excluding tert-OH is 1. The van der Waals surface area contributed by atoms with E-state index in [1.807, 2.05) is 0 Å². The third-order valence-corrected chi connectivity index (χ3v) is 2.62. The van der Waals surface area contributed by atoms with Gasteiger partial charge in [0.2, 0.25) is 5.91 Å². The minimum Gasteiger partial charge on any atom is -0.382 e. The Kier molecular flexibility index (Phi) is 4.82. The Labute approximate surface area is 105 Å². The van der Waals surface area contributed by atoms with E-state index >= 15 is 0 Å². The maximum Gasteiger partial charge on any atom is 0.275 e. The molecule has 0 aromatic heterocycles. The van der Waals surface area contributed by atoms with E-state index in [0.717, 1.165) is 5.06 Å². The first-order valence-corrected chi connectivity index (χ1v) is 5.33. The fraction of sp³-hybridized carbons (Fsp3) is 0.333. The number of hydroxylamine groups is 2. The first-order chi connectivity index (χ1) is 8.49. The number of carbonyl (C=O) groups excluding carboxylic acids is 2. The number of likely N-dealkylation sites (N-methyl/N-ethyl adjacent to an activating group) is 1. The summed E-state index contributed by atoms with van der Waals surface area (Å²) in [7, 11) is 2.63. The van der Waals surface area contributed by atoms with E-state index in [-0.39, 0.29) is 0 Å². The average molecular weight is 252 g/mol. The molecule has 0 fully saturated rings. The van der Waals surface area contributed by atoms with Crippen LogP contribution in [0.1, 0.15) is 11.5 Å². The zero-order valence-corrected chi connectivity index (χ0v) is 10.2. The third kappa shape index (κ3) is 3.06.